The summed E-state index contributed by atoms with van der Waals surface area (Å²) in [5.74, 6) is -0.412. The van der Waals surface area contributed by atoms with Gasteiger partial charge in [-0.25, -0.2) is 9.69 Å². The van der Waals surface area contributed by atoms with E-state index in [0.29, 0.717) is 29.4 Å². The number of rotatable bonds is 9. The second-order valence-electron chi connectivity index (χ2n) is 9.68. The number of ether oxygens (including phenoxy) is 3. The monoisotopic (exact) mass is 660 g/mol. The minimum Gasteiger partial charge on any atom is -0.493 e. The molecule has 1 saturated heterocycles. The summed E-state index contributed by atoms with van der Waals surface area (Å²) in [7, 11) is 1.46. The van der Waals surface area contributed by atoms with Crippen molar-refractivity contribution in [3.63, 3.8) is 0 Å². The van der Waals surface area contributed by atoms with Crippen molar-refractivity contribution >= 4 is 57.1 Å². The van der Waals surface area contributed by atoms with Crippen molar-refractivity contribution in [2.45, 2.75) is 20.1 Å². The smallest absolute Gasteiger partial charge is 0.335 e. The molecule has 218 valence electrons. The molecule has 1 aliphatic heterocycles. The van der Waals surface area contributed by atoms with Crippen LogP contribution in [-0.4, -0.2) is 25.0 Å². The van der Waals surface area contributed by atoms with Gasteiger partial charge in [0.2, 0.25) is 0 Å². The number of aryl methyl sites for hydroxylation is 1. The Kier molecular flexibility index (Phi) is 9.13. The Morgan fingerprint density at radius 1 is 0.860 bits per heavy atom. The average molecular weight is 662 g/mol. The van der Waals surface area contributed by atoms with Crippen LogP contribution < -0.4 is 24.4 Å². The van der Waals surface area contributed by atoms with E-state index in [1.165, 1.54) is 13.2 Å². The quantitative estimate of drug-likeness (QED) is 0.150. The number of benzene rings is 4. The number of methoxy groups -OCH3 is 1. The molecule has 0 saturated carbocycles. The highest BCUT2D eigenvalue weighted by Crippen LogP contribution is 2.38. The molecule has 0 radical (unpaired) electrons. The Morgan fingerprint density at radius 2 is 1.49 bits per heavy atom. The lowest BCUT2D eigenvalue weighted by Gasteiger charge is -2.26. The first-order valence-electron chi connectivity index (χ1n) is 13.2. The molecule has 8 nitrogen and oxygen atoms in total. The number of anilines is 1. The average Bonchev–Trinajstić information content (AvgIpc) is 2.99. The summed E-state index contributed by atoms with van der Waals surface area (Å²) >= 11 is 9.93. The Hall–Kier alpha value is -4.60. The summed E-state index contributed by atoms with van der Waals surface area (Å²) < 4.78 is 18.2. The summed E-state index contributed by atoms with van der Waals surface area (Å²) in [5, 5.41) is 2.46. The first kappa shape index (κ1) is 29.9. The van der Waals surface area contributed by atoms with Crippen LogP contribution in [0.4, 0.5) is 10.5 Å². The minimum atomic E-state index is -0.855. The van der Waals surface area contributed by atoms with Crippen LogP contribution >= 0.6 is 27.5 Å². The second kappa shape index (κ2) is 13.1. The van der Waals surface area contributed by atoms with Crippen molar-refractivity contribution in [1.29, 1.82) is 0 Å². The van der Waals surface area contributed by atoms with E-state index in [-0.39, 0.29) is 22.9 Å². The maximum atomic E-state index is 13.4. The number of barbiturate groups is 1. The number of nitrogens with one attached hydrogen (secondary N) is 1. The van der Waals surface area contributed by atoms with Gasteiger partial charge in [0.25, 0.3) is 11.8 Å². The molecule has 1 fully saturated rings. The van der Waals surface area contributed by atoms with E-state index in [9.17, 15) is 14.4 Å². The van der Waals surface area contributed by atoms with Gasteiger partial charge in [-0.05, 0) is 78.2 Å². The van der Waals surface area contributed by atoms with Crippen molar-refractivity contribution in [1.82, 2.24) is 5.32 Å². The molecule has 1 heterocycles. The molecule has 0 aliphatic carbocycles. The van der Waals surface area contributed by atoms with Crippen LogP contribution in [0.25, 0.3) is 6.08 Å². The van der Waals surface area contributed by atoms with Crippen molar-refractivity contribution in [2.75, 3.05) is 12.0 Å². The van der Waals surface area contributed by atoms with Gasteiger partial charge >= 0.3 is 6.03 Å². The highest BCUT2D eigenvalue weighted by Gasteiger charge is 2.37. The van der Waals surface area contributed by atoms with Crippen molar-refractivity contribution in [3.05, 3.63) is 122 Å². The van der Waals surface area contributed by atoms with E-state index in [4.69, 9.17) is 25.8 Å². The second-order valence-corrected chi connectivity index (χ2v) is 11.0. The van der Waals surface area contributed by atoms with Gasteiger partial charge < -0.3 is 14.2 Å². The fourth-order valence-electron chi connectivity index (χ4n) is 4.30. The SMILES string of the molecule is COc1cc(/C=C2\C(=O)NC(=O)N(c3ccc(OCc4ccc(Br)cc4)cc3)C2=O)cc(Cl)c1OCc1ccc(C)cc1. The fraction of sp³-hybridized carbons (Fsp3) is 0.121. The number of amides is 4. The lowest BCUT2D eigenvalue weighted by atomic mass is 10.1. The molecule has 4 aromatic carbocycles. The van der Waals surface area contributed by atoms with Gasteiger partial charge in [-0.2, -0.15) is 0 Å². The predicted octanol–water partition coefficient (Wildman–Crippen LogP) is 7.24. The number of carbonyl (C=O) groups is 3. The fourth-order valence-corrected chi connectivity index (χ4v) is 4.84. The molecular weight excluding hydrogens is 636 g/mol. The number of carbonyl (C=O) groups excluding carboxylic acids is 3. The minimum absolute atomic E-state index is 0.230. The third-order valence-corrected chi connectivity index (χ3v) is 7.39. The van der Waals surface area contributed by atoms with E-state index in [1.807, 2.05) is 55.5 Å². The number of imide groups is 2. The molecule has 0 atom stereocenters. The van der Waals surface area contributed by atoms with Gasteiger partial charge in [-0.15, -0.1) is 0 Å². The molecule has 4 amide bonds. The highest BCUT2D eigenvalue weighted by atomic mass is 79.9. The molecule has 1 N–H and O–H groups in total. The van der Waals surface area contributed by atoms with Gasteiger partial charge in [0.05, 0.1) is 17.8 Å². The lowest BCUT2D eigenvalue weighted by Crippen LogP contribution is -2.54. The van der Waals surface area contributed by atoms with E-state index >= 15 is 0 Å². The van der Waals surface area contributed by atoms with E-state index in [1.54, 1.807) is 36.4 Å². The number of halogens is 2. The predicted molar refractivity (Wildman–Crippen MR) is 167 cm³/mol. The number of nitrogens with zero attached hydrogens (tertiary/aromatic N) is 1. The first-order chi connectivity index (χ1) is 20.7. The van der Waals surface area contributed by atoms with Crippen LogP contribution in [0.3, 0.4) is 0 Å². The summed E-state index contributed by atoms with van der Waals surface area (Å²) in [6.45, 7) is 2.62. The van der Waals surface area contributed by atoms with Gasteiger partial charge in [0.15, 0.2) is 11.5 Å². The zero-order chi connectivity index (χ0) is 30.5. The molecule has 0 bridgehead atoms. The zero-order valence-electron chi connectivity index (χ0n) is 23.2. The summed E-state index contributed by atoms with van der Waals surface area (Å²) in [4.78, 5) is 39.7. The van der Waals surface area contributed by atoms with Crippen LogP contribution in [0.15, 0.2) is 95.0 Å². The van der Waals surface area contributed by atoms with Crippen LogP contribution in [-0.2, 0) is 22.8 Å². The summed E-state index contributed by atoms with van der Waals surface area (Å²) in [6, 6.07) is 24.4. The molecule has 10 heteroatoms. The number of urea groups is 1. The molecule has 4 aromatic rings. The topological polar surface area (TPSA) is 94.2 Å². The highest BCUT2D eigenvalue weighted by molar-refractivity contribution is 9.10. The zero-order valence-corrected chi connectivity index (χ0v) is 25.6. The van der Waals surface area contributed by atoms with E-state index in [0.717, 1.165) is 26.1 Å². The van der Waals surface area contributed by atoms with Crippen LogP contribution in [0.1, 0.15) is 22.3 Å². The summed E-state index contributed by atoms with van der Waals surface area (Å²) in [5.41, 5.74) is 3.50. The lowest BCUT2D eigenvalue weighted by molar-refractivity contribution is -0.122. The van der Waals surface area contributed by atoms with Gasteiger partial charge in [-0.3, -0.25) is 14.9 Å². The molecule has 43 heavy (non-hydrogen) atoms. The van der Waals surface area contributed by atoms with Crippen molar-refractivity contribution in [2.24, 2.45) is 0 Å². The molecule has 5 rings (SSSR count). The standard InChI is InChI=1S/C33H26BrClN2O6/c1-20-3-5-21(6-4-20)19-43-30-28(35)16-23(17-29(30)41-2)15-27-31(38)36-33(40)37(32(27)39)25-11-13-26(14-12-25)42-18-22-7-9-24(34)10-8-22/h3-17H,18-19H2,1-2H3,(H,36,38,40)/b27-15+. The normalized spacial score (nSPS) is 14.1. The van der Waals surface area contributed by atoms with Crippen LogP contribution in [0.5, 0.6) is 17.2 Å². The maximum absolute atomic E-state index is 13.4. The van der Waals surface area contributed by atoms with Crippen LogP contribution in [0.2, 0.25) is 5.02 Å². The number of hydrogen-bond donors (Lipinski definition) is 1. The van der Waals surface area contributed by atoms with Gasteiger partial charge in [0, 0.05) is 4.47 Å². The molecular formula is C33H26BrClN2O6. The maximum Gasteiger partial charge on any atom is 0.335 e. The number of hydrogen-bond acceptors (Lipinski definition) is 6. The Bertz CT molecular complexity index is 1700. The molecule has 0 aromatic heterocycles. The molecule has 0 spiro atoms. The Labute approximate surface area is 261 Å². The first-order valence-corrected chi connectivity index (χ1v) is 14.3. The third kappa shape index (κ3) is 7.07. The van der Waals surface area contributed by atoms with Gasteiger partial charge in [-0.1, -0.05) is 69.5 Å². The molecule has 0 unspecified atom stereocenters. The van der Waals surface area contributed by atoms with Crippen molar-refractivity contribution < 1.29 is 28.6 Å². The summed E-state index contributed by atoms with van der Waals surface area (Å²) in [6.07, 6.45) is 1.35. The Morgan fingerprint density at radius 3 is 2.14 bits per heavy atom. The largest absolute Gasteiger partial charge is 0.493 e. The van der Waals surface area contributed by atoms with Gasteiger partial charge in [0.1, 0.15) is 24.5 Å². The van der Waals surface area contributed by atoms with E-state index in [2.05, 4.69) is 21.2 Å². The van der Waals surface area contributed by atoms with Crippen LogP contribution in [0, 0.1) is 6.92 Å². The van der Waals surface area contributed by atoms with Crippen molar-refractivity contribution in [3.8, 4) is 17.2 Å². The van der Waals surface area contributed by atoms with E-state index < -0.39 is 17.8 Å². The molecule has 1 aliphatic rings. The Balaban J connectivity index is 1.33. The third-order valence-electron chi connectivity index (χ3n) is 6.58.